The van der Waals surface area contributed by atoms with Crippen molar-refractivity contribution in [3.8, 4) is 0 Å². The minimum atomic E-state index is -0.145. The average Bonchev–Trinajstić information content (AvgIpc) is 2.06. The number of unbranched alkanes of at least 4 members (excludes halogenated alkanes) is 2. The van der Waals surface area contributed by atoms with Crippen LogP contribution in [0, 0.1) is 13.8 Å². The van der Waals surface area contributed by atoms with Gasteiger partial charge in [0.1, 0.15) is 0 Å². The van der Waals surface area contributed by atoms with Crippen LogP contribution in [0.3, 0.4) is 0 Å². The second kappa shape index (κ2) is 29.7. The standard InChI is InChI=1S/2C4H9.2BrH.Zr/c2*1-3-4-2;;;/h2*1,3-4H2,2H3;2*1H;/q2*-1;;;+4/p-2. The summed E-state index contributed by atoms with van der Waals surface area (Å²) in [6, 6.07) is 0. The largest absolute Gasteiger partial charge is 0.343 e. The van der Waals surface area contributed by atoms with Gasteiger partial charge in [-0.3, -0.25) is 0 Å². The normalized spacial score (nSPS) is 6.36. The third kappa shape index (κ3) is 77.7. The van der Waals surface area contributed by atoms with E-state index in [2.05, 4.69) is 52.1 Å². The predicted molar refractivity (Wildman–Crippen MR) is 58.4 cm³/mol. The maximum Gasteiger partial charge on any atom is -0.0678 e. The zero-order chi connectivity index (χ0) is 9.54. The van der Waals surface area contributed by atoms with Crippen LogP contribution >= 0.6 is 24.4 Å². The van der Waals surface area contributed by atoms with Crippen molar-refractivity contribution in [1.82, 2.24) is 0 Å². The van der Waals surface area contributed by atoms with Gasteiger partial charge >= 0.3 is 43.0 Å². The van der Waals surface area contributed by atoms with Gasteiger partial charge in [-0.2, -0.15) is 12.8 Å². The third-order valence-electron chi connectivity index (χ3n) is 0.707. The minimum Gasteiger partial charge on any atom is -0.343 e. The molecule has 0 rings (SSSR count). The second-order valence-corrected chi connectivity index (χ2v) is 13.1. The first-order chi connectivity index (χ1) is 5.24. The summed E-state index contributed by atoms with van der Waals surface area (Å²) >= 11 is 6.32. The minimum absolute atomic E-state index is 0.145. The number of rotatable bonds is 2. The van der Waals surface area contributed by atoms with E-state index in [0.29, 0.717) is 0 Å². The molecule has 0 fully saturated rings. The van der Waals surface area contributed by atoms with E-state index in [4.69, 9.17) is 0 Å². The topological polar surface area (TPSA) is 0 Å². The van der Waals surface area contributed by atoms with E-state index in [1.54, 1.807) is 0 Å². The molecule has 0 bridgehead atoms. The Balaban J connectivity index is -0.0000000886. The Morgan fingerprint density at radius 3 is 1.09 bits per heavy atom. The molecule has 0 aromatic rings. The van der Waals surface area contributed by atoms with Gasteiger partial charge in [0.15, 0.2) is 0 Å². The van der Waals surface area contributed by atoms with Gasteiger partial charge < -0.3 is 13.8 Å². The van der Waals surface area contributed by atoms with E-state index < -0.39 is 0 Å². The Morgan fingerprint density at radius 2 is 1.09 bits per heavy atom. The second-order valence-electron chi connectivity index (χ2n) is 1.78. The van der Waals surface area contributed by atoms with Crippen molar-refractivity contribution in [2.45, 2.75) is 39.5 Å². The molecular formula is C8H18Br2Zr. The van der Waals surface area contributed by atoms with Crippen molar-refractivity contribution in [3.05, 3.63) is 13.8 Å². The summed E-state index contributed by atoms with van der Waals surface area (Å²) < 4.78 is 0. The molecule has 0 aliphatic heterocycles. The van der Waals surface area contributed by atoms with Crippen LogP contribution in [0.25, 0.3) is 0 Å². The van der Waals surface area contributed by atoms with E-state index in [1.807, 2.05) is 0 Å². The van der Waals surface area contributed by atoms with Gasteiger partial charge in [0.2, 0.25) is 0 Å². The molecule has 0 saturated heterocycles. The molecule has 0 aliphatic carbocycles. The molecule has 0 aromatic carbocycles. The zero-order valence-electron chi connectivity index (χ0n) is 7.50. The number of hydrogen-bond donors (Lipinski definition) is 0. The smallest absolute Gasteiger partial charge is 0.0678 e. The summed E-state index contributed by atoms with van der Waals surface area (Å²) in [6.45, 7) is 11.4. The molecule has 68 valence electrons. The van der Waals surface area contributed by atoms with Crippen molar-refractivity contribution < 1.29 is 18.5 Å². The van der Waals surface area contributed by atoms with Crippen LogP contribution in [0.1, 0.15) is 39.5 Å². The van der Waals surface area contributed by atoms with Crippen molar-refractivity contribution >= 4 is 24.4 Å². The Bertz CT molecular complexity index is 27.3. The fourth-order valence-electron chi connectivity index (χ4n) is 0. The van der Waals surface area contributed by atoms with Gasteiger partial charge in [-0.05, 0) is 0 Å². The molecule has 11 heavy (non-hydrogen) atoms. The van der Waals surface area contributed by atoms with Crippen LogP contribution in [-0.4, -0.2) is 0 Å². The molecule has 0 aromatic heterocycles. The van der Waals surface area contributed by atoms with Gasteiger partial charge in [-0.1, -0.05) is 26.7 Å². The van der Waals surface area contributed by atoms with Crippen molar-refractivity contribution in [1.29, 1.82) is 0 Å². The van der Waals surface area contributed by atoms with E-state index >= 15 is 0 Å². The molecule has 0 unspecified atom stereocenters. The Labute approximate surface area is 95.4 Å². The van der Waals surface area contributed by atoms with Crippen LogP contribution in [0.2, 0.25) is 0 Å². The first-order valence-electron chi connectivity index (χ1n) is 3.79. The molecule has 0 atom stereocenters. The quantitative estimate of drug-likeness (QED) is 0.609. The molecule has 0 aliphatic rings. The van der Waals surface area contributed by atoms with Crippen molar-refractivity contribution in [2.24, 2.45) is 0 Å². The average molecular weight is 365 g/mol. The molecule has 3 heteroatoms. The SMILES string of the molecule is [Br][Zr+2][Br].[CH2-]CCC.[CH2-]CCC. The maximum atomic E-state index is 3.60. The molecular weight excluding hydrogens is 347 g/mol. The van der Waals surface area contributed by atoms with Gasteiger partial charge in [-0.25, -0.2) is 0 Å². The maximum absolute atomic E-state index is 3.60. The Kier molecular flexibility index (Phi) is 50.3. The van der Waals surface area contributed by atoms with Gasteiger partial charge in [0.25, 0.3) is 0 Å². The zero-order valence-corrected chi connectivity index (χ0v) is 13.1. The number of halogens is 2. The number of hydrogen-bond acceptors (Lipinski definition) is 0. The molecule has 0 radical (unpaired) electrons. The van der Waals surface area contributed by atoms with Gasteiger partial charge in [0.05, 0.1) is 0 Å². The Morgan fingerprint density at radius 1 is 1.00 bits per heavy atom. The van der Waals surface area contributed by atoms with E-state index in [-0.39, 0.29) is 18.5 Å². The molecule has 0 amide bonds. The first-order valence-corrected chi connectivity index (χ1v) is 15.0. The van der Waals surface area contributed by atoms with Crippen LogP contribution in [-0.2, 0) is 18.5 Å². The van der Waals surface area contributed by atoms with Crippen LogP contribution in [0.4, 0.5) is 0 Å². The summed E-state index contributed by atoms with van der Waals surface area (Å²) in [6.07, 6.45) is 4.56. The fraction of sp³-hybridized carbons (Fsp3) is 0.750. The monoisotopic (exact) mass is 362 g/mol. The molecule has 0 saturated carbocycles. The fourth-order valence-corrected chi connectivity index (χ4v) is 0. The summed E-state index contributed by atoms with van der Waals surface area (Å²) in [5.74, 6) is 0. The summed E-state index contributed by atoms with van der Waals surface area (Å²) in [4.78, 5) is 0. The first kappa shape index (κ1) is 18.6. The van der Waals surface area contributed by atoms with E-state index in [0.717, 1.165) is 12.8 Å². The van der Waals surface area contributed by atoms with Crippen LogP contribution < -0.4 is 0 Å². The van der Waals surface area contributed by atoms with E-state index in [9.17, 15) is 0 Å². The molecule has 0 nitrogen and oxygen atoms in total. The summed E-state index contributed by atoms with van der Waals surface area (Å²) in [5, 5.41) is 0. The molecule has 0 N–H and O–H groups in total. The molecule has 0 heterocycles. The van der Waals surface area contributed by atoms with Crippen molar-refractivity contribution in [2.75, 3.05) is 0 Å². The van der Waals surface area contributed by atoms with Gasteiger partial charge in [-0.15, -0.1) is 0 Å². The van der Waals surface area contributed by atoms with Crippen LogP contribution in [0.15, 0.2) is 0 Å². The van der Waals surface area contributed by atoms with Crippen molar-refractivity contribution in [3.63, 3.8) is 0 Å². The van der Waals surface area contributed by atoms with Crippen LogP contribution in [0.5, 0.6) is 0 Å². The summed E-state index contributed by atoms with van der Waals surface area (Å²) in [5.41, 5.74) is 0. The van der Waals surface area contributed by atoms with Gasteiger partial charge in [0, 0.05) is 0 Å². The predicted octanol–water partition coefficient (Wildman–Crippen LogP) is 4.93. The Hall–Kier alpha value is 1.84. The summed E-state index contributed by atoms with van der Waals surface area (Å²) in [7, 11) is 0. The third-order valence-corrected chi connectivity index (χ3v) is 0.707. The van der Waals surface area contributed by atoms with E-state index in [1.165, 1.54) is 12.8 Å². The molecule has 0 spiro atoms.